The predicted molar refractivity (Wildman–Crippen MR) is 79.4 cm³/mol. The first kappa shape index (κ1) is 17.8. The molecule has 0 aromatic heterocycles. The number of piperidine rings is 1. The molecule has 0 aromatic rings. The topological polar surface area (TPSA) is 116 Å². The summed E-state index contributed by atoms with van der Waals surface area (Å²) >= 11 is 1.55. The number of carboxylic acids is 2. The quantitative estimate of drug-likeness (QED) is 0.483. The molecule has 1 saturated heterocycles. The molecule has 0 spiro atoms. The molecule has 1 aliphatic heterocycles. The van der Waals surface area contributed by atoms with Crippen molar-refractivity contribution in [2.24, 2.45) is 0 Å². The van der Waals surface area contributed by atoms with Gasteiger partial charge < -0.3 is 20.8 Å². The molecule has 4 N–H and O–H groups in total. The van der Waals surface area contributed by atoms with Crippen LogP contribution in [0.4, 0.5) is 0 Å². The number of rotatable bonds is 9. The number of carbonyl (C=O) groups is 3. The average Bonchev–Trinajstić information content (AvgIpc) is 2.44. The molecule has 1 heterocycles. The summed E-state index contributed by atoms with van der Waals surface area (Å²) in [5.74, 6) is -2.15. The Morgan fingerprint density at radius 2 is 1.90 bits per heavy atom. The van der Waals surface area contributed by atoms with Crippen molar-refractivity contribution in [3.63, 3.8) is 0 Å². The fourth-order valence-electron chi connectivity index (χ4n) is 2.11. The second-order valence-electron chi connectivity index (χ2n) is 5.00. The summed E-state index contributed by atoms with van der Waals surface area (Å²) in [6, 6.07) is -1.01. The first-order valence-corrected chi connectivity index (χ1v) is 8.10. The summed E-state index contributed by atoms with van der Waals surface area (Å²) in [5, 5.41) is 23.7. The summed E-state index contributed by atoms with van der Waals surface area (Å²) in [6.45, 7) is 1.90. The molecule has 120 valence electrons. The Balaban J connectivity index is 2.27. The molecule has 0 saturated carbocycles. The molecular formula is C13H22N2O5S. The van der Waals surface area contributed by atoms with E-state index in [2.05, 4.69) is 10.6 Å². The van der Waals surface area contributed by atoms with E-state index in [0.717, 1.165) is 25.9 Å². The fourth-order valence-corrected chi connectivity index (χ4v) is 3.15. The molecular weight excluding hydrogens is 296 g/mol. The van der Waals surface area contributed by atoms with Crippen molar-refractivity contribution in [1.29, 1.82) is 0 Å². The molecule has 21 heavy (non-hydrogen) atoms. The maximum absolute atomic E-state index is 11.8. The molecule has 0 aliphatic carbocycles. The Hall–Kier alpha value is -1.28. The molecule has 1 atom stereocenters. The van der Waals surface area contributed by atoms with Crippen LogP contribution in [0.25, 0.3) is 0 Å². The highest BCUT2D eigenvalue weighted by atomic mass is 32.2. The largest absolute Gasteiger partial charge is 0.481 e. The molecule has 0 aromatic carbocycles. The zero-order chi connectivity index (χ0) is 15.7. The van der Waals surface area contributed by atoms with Gasteiger partial charge in [0.25, 0.3) is 0 Å². The van der Waals surface area contributed by atoms with Gasteiger partial charge in [-0.25, -0.2) is 4.79 Å². The summed E-state index contributed by atoms with van der Waals surface area (Å²) in [7, 11) is 0. The molecule has 0 radical (unpaired) electrons. The van der Waals surface area contributed by atoms with Crippen molar-refractivity contribution in [2.75, 3.05) is 18.8 Å². The van der Waals surface area contributed by atoms with Gasteiger partial charge in [0.05, 0.1) is 5.75 Å². The zero-order valence-electron chi connectivity index (χ0n) is 11.8. The van der Waals surface area contributed by atoms with E-state index in [9.17, 15) is 14.4 Å². The Morgan fingerprint density at radius 3 is 2.48 bits per heavy atom. The maximum Gasteiger partial charge on any atom is 0.326 e. The van der Waals surface area contributed by atoms with Gasteiger partial charge in [0.15, 0.2) is 0 Å². The third-order valence-electron chi connectivity index (χ3n) is 3.25. The predicted octanol–water partition coefficient (Wildman–Crippen LogP) is 0.296. The summed E-state index contributed by atoms with van der Waals surface area (Å²) in [4.78, 5) is 33.2. The van der Waals surface area contributed by atoms with Gasteiger partial charge in [-0.1, -0.05) is 0 Å². The third-order valence-corrected chi connectivity index (χ3v) is 4.62. The smallest absolute Gasteiger partial charge is 0.326 e. The van der Waals surface area contributed by atoms with Crippen LogP contribution in [0.5, 0.6) is 0 Å². The van der Waals surface area contributed by atoms with E-state index in [4.69, 9.17) is 10.2 Å². The number of carboxylic acid groups (broad SMARTS) is 2. The van der Waals surface area contributed by atoms with Crippen LogP contribution in [0.15, 0.2) is 0 Å². The lowest BCUT2D eigenvalue weighted by Gasteiger charge is -2.22. The number of carbonyl (C=O) groups excluding carboxylic acids is 1. The first-order valence-electron chi connectivity index (χ1n) is 7.05. The molecule has 1 amide bonds. The lowest BCUT2D eigenvalue weighted by molar-refractivity contribution is -0.142. The van der Waals surface area contributed by atoms with Crippen LogP contribution in [0.1, 0.15) is 32.1 Å². The van der Waals surface area contributed by atoms with Crippen molar-refractivity contribution in [1.82, 2.24) is 10.6 Å². The van der Waals surface area contributed by atoms with Gasteiger partial charge in [0.1, 0.15) is 6.04 Å². The van der Waals surface area contributed by atoms with Gasteiger partial charge in [-0.2, -0.15) is 0 Å². The lowest BCUT2D eigenvalue weighted by Crippen LogP contribution is -2.42. The molecule has 1 fully saturated rings. The maximum atomic E-state index is 11.8. The number of hydrogen-bond donors (Lipinski definition) is 4. The Bertz CT molecular complexity index is 372. The number of amides is 1. The van der Waals surface area contributed by atoms with Gasteiger partial charge in [-0.3, -0.25) is 9.59 Å². The Morgan fingerprint density at radius 1 is 1.24 bits per heavy atom. The van der Waals surface area contributed by atoms with Crippen molar-refractivity contribution in [3.05, 3.63) is 0 Å². The number of thioether (sulfide) groups is 1. The first-order chi connectivity index (χ1) is 9.99. The highest BCUT2D eigenvalue weighted by Crippen LogP contribution is 2.19. The SMILES string of the molecule is O=C(O)CCC[C@@H](NC(=O)CSC1CCNCC1)C(=O)O. The average molecular weight is 318 g/mol. The minimum Gasteiger partial charge on any atom is -0.481 e. The van der Waals surface area contributed by atoms with Crippen molar-refractivity contribution in [2.45, 2.75) is 43.4 Å². The second-order valence-corrected chi connectivity index (χ2v) is 6.29. The molecule has 7 nitrogen and oxygen atoms in total. The van der Waals surface area contributed by atoms with Crippen molar-refractivity contribution in [3.8, 4) is 0 Å². The molecule has 1 rings (SSSR count). The minimum atomic E-state index is -1.12. The van der Waals surface area contributed by atoms with E-state index in [1.807, 2.05) is 0 Å². The minimum absolute atomic E-state index is 0.0938. The van der Waals surface area contributed by atoms with Crippen LogP contribution in [0.2, 0.25) is 0 Å². The molecule has 0 unspecified atom stereocenters. The van der Waals surface area contributed by atoms with E-state index in [1.54, 1.807) is 11.8 Å². The van der Waals surface area contributed by atoms with Gasteiger partial charge in [-0.15, -0.1) is 11.8 Å². The van der Waals surface area contributed by atoms with E-state index < -0.39 is 18.0 Å². The van der Waals surface area contributed by atoms with Crippen LogP contribution in [0.3, 0.4) is 0 Å². The van der Waals surface area contributed by atoms with Gasteiger partial charge in [0.2, 0.25) is 5.91 Å². The van der Waals surface area contributed by atoms with Crippen molar-refractivity contribution >= 4 is 29.6 Å². The number of hydrogen-bond acceptors (Lipinski definition) is 5. The normalized spacial score (nSPS) is 17.1. The fraction of sp³-hybridized carbons (Fsp3) is 0.769. The summed E-state index contributed by atoms with van der Waals surface area (Å²) < 4.78 is 0. The van der Waals surface area contributed by atoms with E-state index in [0.29, 0.717) is 5.25 Å². The molecule has 1 aliphatic rings. The summed E-state index contributed by atoms with van der Waals surface area (Å²) in [5.41, 5.74) is 0. The van der Waals surface area contributed by atoms with Crippen LogP contribution in [-0.2, 0) is 14.4 Å². The molecule has 0 bridgehead atoms. The number of aliphatic carboxylic acids is 2. The van der Waals surface area contributed by atoms with E-state index in [1.165, 1.54) is 0 Å². The van der Waals surface area contributed by atoms with Crippen LogP contribution >= 0.6 is 11.8 Å². The van der Waals surface area contributed by atoms with Crippen LogP contribution in [-0.4, -0.2) is 58.2 Å². The van der Waals surface area contributed by atoms with Crippen molar-refractivity contribution < 1.29 is 24.6 Å². The van der Waals surface area contributed by atoms with Gasteiger partial charge in [0, 0.05) is 11.7 Å². The van der Waals surface area contributed by atoms with Gasteiger partial charge >= 0.3 is 11.9 Å². The second kappa shape index (κ2) is 9.62. The van der Waals surface area contributed by atoms with Crippen LogP contribution in [0, 0.1) is 0 Å². The Kier molecular flexibility index (Phi) is 8.14. The monoisotopic (exact) mass is 318 g/mol. The zero-order valence-corrected chi connectivity index (χ0v) is 12.7. The third kappa shape index (κ3) is 7.91. The molecule has 8 heteroatoms. The number of nitrogens with one attached hydrogen (secondary N) is 2. The van der Waals surface area contributed by atoms with E-state index >= 15 is 0 Å². The lowest BCUT2D eigenvalue weighted by atomic mass is 10.1. The van der Waals surface area contributed by atoms with Gasteiger partial charge in [-0.05, 0) is 38.8 Å². The standard InChI is InChI=1S/C13H22N2O5S/c16-11(8-21-9-4-6-14-7-5-9)15-10(13(19)20)2-1-3-12(17)18/h9-10,14H,1-8H2,(H,15,16)(H,17,18)(H,19,20)/t10-/m1/s1. The highest BCUT2D eigenvalue weighted by Gasteiger charge is 2.21. The summed E-state index contributed by atoms with van der Waals surface area (Å²) in [6.07, 6.45) is 2.29. The van der Waals surface area contributed by atoms with Crippen LogP contribution < -0.4 is 10.6 Å². The Labute approximate surface area is 127 Å². The highest BCUT2D eigenvalue weighted by molar-refractivity contribution is 8.00. The van der Waals surface area contributed by atoms with E-state index in [-0.39, 0.29) is 30.9 Å².